The van der Waals surface area contributed by atoms with Gasteiger partial charge in [0, 0.05) is 23.5 Å². The zero-order valence-corrected chi connectivity index (χ0v) is 27.9. The number of benzene rings is 4. The maximum absolute atomic E-state index is 14.6. The summed E-state index contributed by atoms with van der Waals surface area (Å²) < 4.78 is 29.3. The molecule has 0 saturated carbocycles. The Hall–Kier alpha value is -4.14. The molecule has 0 aliphatic rings. The zero-order chi connectivity index (χ0) is 32.8. The number of anilines is 1. The molecule has 0 saturated heterocycles. The molecular formula is C36H40ClN3O4S. The van der Waals surface area contributed by atoms with E-state index in [0.29, 0.717) is 5.02 Å². The van der Waals surface area contributed by atoms with Crippen molar-refractivity contribution in [1.29, 1.82) is 0 Å². The molecule has 0 aromatic heterocycles. The van der Waals surface area contributed by atoms with E-state index in [1.54, 1.807) is 30.3 Å². The number of hydrogen-bond acceptors (Lipinski definition) is 4. The Kier molecular flexibility index (Phi) is 10.7. The molecule has 7 nitrogen and oxygen atoms in total. The van der Waals surface area contributed by atoms with Crippen LogP contribution in [0, 0.1) is 13.8 Å². The van der Waals surface area contributed by atoms with Gasteiger partial charge in [0.05, 0.1) is 10.6 Å². The summed E-state index contributed by atoms with van der Waals surface area (Å²) in [6.45, 7) is 9.02. The number of carbonyl (C=O) groups excluding carboxylic acids is 2. The third kappa shape index (κ3) is 8.96. The fourth-order valence-corrected chi connectivity index (χ4v) is 6.57. The first-order chi connectivity index (χ1) is 21.2. The normalized spacial score (nSPS) is 12.3. The Morgan fingerprint density at radius 1 is 0.844 bits per heavy atom. The maximum Gasteiger partial charge on any atom is 0.264 e. The molecule has 9 heteroatoms. The molecule has 236 valence electrons. The standard InChI is InChI=1S/C36H40ClN3O4S/c1-26-18-20-32(21-19-26)45(43,44)40(31-17-11-16-30(37)23-31)25-34(41)39(24-29-15-10-9-12-27(29)2)33(35(42)38-36(3,4)5)22-28-13-7-6-8-14-28/h6-21,23,33H,22,24-25H2,1-5H3,(H,38,42)/t33-/m1/s1. The summed E-state index contributed by atoms with van der Waals surface area (Å²) in [5, 5.41) is 3.37. The van der Waals surface area contributed by atoms with Gasteiger partial charge in [0.2, 0.25) is 11.8 Å². The number of aryl methyl sites for hydroxylation is 2. The number of sulfonamides is 1. The van der Waals surface area contributed by atoms with E-state index in [1.807, 2.05) is 89.2 Å². The van der Waals surface area contributed by atoms with Crippen molar-refractivity contribution < 1.29 is 18.0 Å². The van der Waals surface area contributed by atoms with Crippen molar-refractivity contribution in [2.75, 3.05) is 10.8 Å². The summed E-state index contributed by atoms with van der Waals surface area (Å²) in [5.74, 6) is -0.858. The van der Waals surface area contributed by atoms with Crippen LogP contribution in [0.25, 0.3) is 0 Å². The fourth-order valence-electron chi connectivity index (χ4n) is 4.98. The molecule has 4 aromatic rings. The van der Waals surface area contributed by atoms with Crippen molar-refractivity contribution in [3.63, 3.8) is 0 Å². The molecule has 0 heterocycles. The predicted octanol–water partition coefficient (Wildman–Crippen LogP) is 6.71. The molecule has 0 aliphatic carbocycles. The highest BCUT2D eigenvalue weighted by atomic mass is 35.5. The van der Waals surface area contributed by atoms with Gasteiger partial charge in [-0.05, 0) is 81.6 Å². The van der Waals surface area contributed by atoms with Crippen LogP contribution in [0.3, 0.4) is 0 Å². The van der Waals surface area contributed by atoms with Crippen LogP contribution < -0.4 is 9.62 Å². The highest BCUT2D eigenvalue weighted by Gasteiger charge is 2.35. The minimum Gasteiger partial charge on any atom is -0.350 e. The van der Waals surface area contributed by atoms with Crippen molar-refractivity contribution in [3.05, 3.63) is 130 Å². The van der Waals surface area contributed by atoms with Crippen molar-refractivity contribution in [2.24, 2.45) is 0 Å². The second kappa shape index (κ2) is 14.3. The number of hydrogen-bond donors (Lipinski definition) is 1. The first kappa shape index (κ1) is 33.7. The highest BCUT2D eigenvalue weighted by molar-refractivity contribution is 7.92. The maximum atomic E-state index is 14.6. The minimum atomic E-state index is -4.20. The molecule has 4 rings (SSSR count). The molecule has 0 unspecified atom stereocenters. The number of rotatable bonds is 11. The van der Waals surface area contributed by atoms with Gasteiger partial charge in [-0.1, -0.05) is 90.0 Å². The lowest BCUT2D eigenvalue weighted by atomic mass is 10.00. The molecule has 1 atom stereocenters. The predicted molar refractivity (Wildman–Crippen MR) is 181 cm³/mol. The molecular weight excluding hydrogens is 606 g/mol. The van der Waals surface area contributed by atoms with Crippen LogP contribution >= 0.6 is 11.6 Å². The third-order valence-electron chi connectivity index (χ3n) is 7.36. The summed E-state index contributed by atoms with van der Waals surface area (Å²) in [6, 6.07) is 29.1. The third-order valence-corrected chi connectivity index (χ3v) is 9.38. The van der Waals surface area contributed by atoms with E-state index in [2.05, 4.69) is 5.32 Å². The van der Waals surface area contributed by atoms with Gasteiger partial charge in [-0.3, -0.25) is 13.9 Å². The number of nitrogens with zero attached hydrogens (tertiary/aromatic N) is 2. The number of carbonyl (C=O) groups is 2. The monoisotopic (exact) mass is 645 g/mol. The molecule has 0 bridgehead atoms. The molecule has 0 aliphatic heterocycles. The second-order valence-corrected chi connectivity index (χ2v) is 14.5. The topological polar surface area (TPSA) is 86.8 Å². The fraction of sp³-hybridized carbons (Fsp3) is 0.278. The Morgan fingerprint density at radius 3 is 2.11 bits per heavy atom. The molecule has 0 spiro atoms. The van der Waals surface area contributed by atoms with E-state index in [0.717, 1.165) is 26.6 Å². The smallest absolute Gasteiger partial charge is 0.264 e. The van der Waals surface area contributed by atoms with E-state index in [9.17, 15) is 18.0 Å². The first-order valence-electron chi connectivity index (χ1n) is 14.8. The number of nitrogens with one attached hydrogen (secondary N) is 1. The second-order valence-electron chi connectivity index (χ2n) is 12.2. The lowest BCUT2D eigenvalue weighted by Gasteiger charge is -2.35. The van der Waals surface area contributed by atoms with Crippen molar-refractivity contribution in [3.8, 4) is 0 Å². The van der Waals surface area contributed by atoms with Gasteiger partial charge < -0.3 is 10.2 Å². The van der Waals surface area contributed by atoms with Crippen molar-refractivity contribution >= 4 is 39.1 Å². The van der Waals surface area contributed by atoms with E-state index >= 15 is 0 Å². The van der Waals surface area contributed by atoms with Crippen LogP contribution in [-0.2, 0) is 32.6 Å². The quantitative estimate of drug-likeness (QED) is 0.197. The Bertz CT molecular complexity index is 1740. The Balaban J connectivity index is 1.83. The van der Waals surface area contributed by atoms with Gasteiger partial charge in [-0.25, -0.2) is 8.42 Å². The minimum absolute atomic E-state index is 0.0395. The molecule has 2 amide bonds. The van der Waals surface area contributed by atoms with E-state index in [1.165, 1.54) is 23.1 Å². The first-order valence-corrected chi connectivity index (χ1v) is 16.6. The van der Waals surface area contributed by atoms with Crippen LogP contribution in [0.1, 0.15) is 43.0 Å². The van der Waals surface area contributed by atoms with Gasteiger partial charge in [-0.2, -0.15) is 0 Å². The molecule has 0 fully saturated rings. The van der Waals surface area contributed by atoms with Crippen molar-refractivity contribution in [2.45, 2.75) is 64.1 Å². The molecule has 45 heavy (non-hydrogen) atoms. The van der Waals surface area contributed by atoms with Crippen LogP contribution in [0.15, 0.2) is 108 Å². The van der Waals surface area contributed by atoms with Crippen LogP contribution in [0.4, 0.5) is 5.69 Å². The van der Waals surface area contributed by atoms with Gasteiger partial charge in [0.15, 0.2) is 0 Å². The van der Waals surface area contributed by atoms with Gasteiger partial charge >= 0.3 is 0 Å². The Morgan fingerprint density at radius 2 is 1.49 bits per heavy atom. The van der Waals surface area contributed by atoms with E-state index in [4.69, 9.17) is 11.6 Å². The number of amides is 2. The van der Waals surface area contributed by atoms with Crippen LogP contribution in [0.5, 0.6) is 0 Å². The van der Waals surface area contributed by atoms with E-state index in [-0.39, 0.29) is 29.5 Å². The van der Waals surface area contributed by atoms with Gasteiger partial charge in [0.25, 0.3) is 10.0 Å². The van der Waals surface area contributed by atoms with Crippen molar-refractivity contribution in [1.82, 2.24) is 10.2 Å². The average Bonchev–Trinajstić information content (AvgIpc) is 2.98. The van der Waals surface area contributed by atoms with E-state index < -0.39 is 34.1 Å². The zero-order valence-electron chi connectivity index (χ0n) is 26.3. The van der Waals surface area contributed by atoms with Crippen LogP contribution in [-0.4, -0.2) is 43.3 Å². The summed E-state index contributed by atoms with van der Waals surface area (Å²) in [5.41, 5.74) is 3.24. The van der Waals surface area contributed by atoms with Gasteiger partial charge in [-0.15, -0.1) is 0 Å². The average molecular weight is 646 g/mol. The highest BCUT2D eigenvalue weighted by Crippen LogP contribution is 2.27. The Labute approximate surface area is 271 Å². The van der Waals surface area contributed by atoms with Crippen LogP contribution in [0.2, 0.25) is 5.02 Å². The largest absolute Gasteiger partial charge is 0.350 e. The SMILES string of the molecule is Cc1ccc(S(=O)(=O)N(CC(=O)N(Cc2ccccc2C)[C@H](Cc2ccccc2)C(=O)NC(C)(C)C)c2cccc(Cl)c2)cc1. The lowest BCUT2D eigenvalue weighted by Crippen LogP contribution is -2.56. The van der Waals surface area contributed by atoms with Gasteiger partial charge in [0.1, 0.15) is 12.6 Å². The molecule has 1 N–H and O–H groups in total. The molecule has 4 aromatic carbocycles. The lowest BCUT2D eigenvalue weighted by molar-refractivity contribution is -0.140. The molecule has 0 radical (unpaired) electrons. The summed E-state index contributed by atoms with van der Waals surface area (Å²) in [6.07, 6.45) is 0.238. The number of halogens is 1. The summed E-state index contributed by atoms with van der Waals surface area (Å²) in [4.78, 5) is 30.1. The summed E-state index contributed by atoms with van der Waals surface area (Å²) >= 11 is 6.30. The summed E-state index contributed by atoms with van der Waals surface area (Å²) in [7, 11) is -4.20.